The summed E-state index contributed by atoms with van der Waals surface area (Å²) in [6.07, 6.45) is 4.37. The van der Waals surface area contributed by atoms with E-state index in [1.54, 1.807) is 4.68 Å². The van der Waals surface area contributed by atoms with Gasteiger partial charge in [0.25, 0.3) is 5.56 Å². The molecule has 30 heavy (non-hydrogen) atoms. The Hall–Kier alpha value is -2.73. The summed E-state index contributed by atoms with van der Waals surface area (Å²) in [5.41, 5.74) is 4.67. The summed E-state index contributed by atoms with van der Waals surface area (Å²) < 4.78 is 1.67. The fraction of sp³-hybridized carbons (Fsp3) is 0.458. The summed E-state index contributed by atoms with van der Waals surface area (Å²) in [4.78, 5) is 22.1. The van der Waals surface area contributed by atoms with E-state index in [0.29, 0.717) is 6.54 Å². The predicted octanol–water partition coefficient (Wildman–Crippen LogP) is 2.80. The van der Waals surface area contributed by atoms with Crippen molar-refractivity contribution in [3.63, 3.8) is 0 Å². The molecule has 0 atom stereocenters. The van der Waals surface area contributed by atoms with Crippen LogP contribution in [0, 0.1) is 6.92 Å². The highest BCUT2D eigenvalue weighted by molar-refractivity contribution is 5.83. The number of hydrogen-bond donors (Lipinski definition) is 0. The molecule has 0 bridgehead atoms. The fourth-order valence-electron chi connectivity index (χ4n) is 4.69. The van der Waals surface area contributed by atoms with Gasteiger partial charge in [0.15, 0.2) is 0 Å². The van der Waals surface area contributed by atoms with E-state index in [1.165, 1.54) is 23.8 Å². The molecule has 6 heteroatoms. The Bertz CT molecular complexity index is 1110. The molecule has 1 saturated heterocycles. The lowest BCUT2D eigenvalue weighted by molar-refractivity contribution is 0.241. The van der Waals surface area contributed by atoms with Crippen molar-refractivity contribution in [3.8, 4) is 0 Å². The average molecular weight is 404 g/mol. The molecular weight excluding hydrogens is 374 g/mol. The molecule has 1 fully saturated rings. The van der Waals surface area contributed by atoms with Crippen molar-refractivity contribution in [2.75, 3.05) is 37.6 Å². The molecule has 1 aliphatic heterocycles. The number of fused-ring (bicyclic) bond motifs is 2. The van der Waals surface area contributed by atoms with E-state index < -0.39 is 0 Å². The number of aryl methyl sites for hydroxylation is 3. The number of piperazine rings is 1. The Balaban J connectivity index is 1.21. The van der Waals surface area contributed by atoms with Gasteiger partial charge in [-0.3, -0.25) is 9.69 Å². The molecular formula is C24H29N5O. The van der Waals surface area contributed by atoms with Crippen LogP contribution in [0.4, 0.5) is 5.82 Å². The maximum absolute atomic E-state index is 12.4. The first-order valence-corrected chi connectivity index (χ1v) is 11.1. The van der Waals surface area contributed by atoms with Gasteiger partial charge in [-0.2, -0.15) is 5.10 Å². The SMILES string of the molecule is Cc1cc(N2CCN(CCn3nc4c(cc3=O)CCCC4)CC2)nc2ccccc12. The molecule has 5 rings (SSSR count). The molecule has 0 spiro atoms. The summed E-state index contributed by atoms with van der Waals surface area (Å²) in [6.45, 7) is 7.56. The van der Waals surface area contributed by atoms with Crippen molar-refractivity contribution in [1.29, 1.82) is 0 Å². The second-order valence-corrected chi connectivity index (χ2v) is 8.53. The molecule has 0 N–H and O–H groups in total. The van der Waals surface area contributed by atoms with E-state index in [0.717, 1.165) is 68.2 Å². The van der Waals surface area contributed by atoms with Crippen LogP contribution in [-0.2, 0) is 19.4 Å². The minimum atomic E-state index is 0.0464. The van der Waals surface area contributed by atoms with Crippen LogP contribution < -0.4 is 10.5 Å². The standard InChI is InChI=1S/C24H29N5O/c1-18-16-23(25-22-9-5-3-7-20(18)22)28-13-10-27(11-14-28)12-15-29-24(30)17-19-6-2-4-8-21(19)26-29/h3,5,7,9,16-17H,2,4,6,8,10-15H2,1H3. The number of nitrogens with zero attached hydrogens (tertiary/aromatic N) is 5. The molecule has 0 radical (unpaired) electrons. The van der Waals surface area contributed by atoms with Gasteiger partial charge in [-0.1, -0.05) is 18.2 Å². The highest BCUT2D eigenvalue weighted by Gasteiger charge is 2.19. The van der Waals surface area contributed by atoms with Crippen LogP contribution in [0.1, 0.15) is 29.7 Å². The molecule has 2 aromatic heterocycles. The van der Waals surface area contributed by atoms with Crippen LogP contribution in [0.5, 0.6) is 0 Å². The van der Waals surface area contributed by atoms with Crippen LogP contribution in [-0.4, -0.2) is 52.4 Å². The molecule has 1 aromatic carbocycles. The number of anilines is 1. The molecule has 0 amide bonds. The van der Waals surface area contributed by atoms with Crippen LogP contribution in [0.2, 0.25) is 0 Å². The lowest BCUT2D eigenvalue weighted by atomic mass is 9.97. The highest BCUT2D eigenvalue weighted by Crippen LogP contribution is 2.23. The van der Waals surface area contributed by atoms with E-state index in [1.807, 2.05) is 12.1 Å². The van der Waals surface area contributed by atoms with E-state index in [9.17, 15) is 4.79 Å². The Kier molecular flexibility index (Phi) is 5.25. The largest absolute Gasteiger partial charge is 0.354 e. The zero-order chi connectivity index (χ0) is 20.5. The first kappa shape index (κ1) is 19.2. The van der Waals surface area contributed by atoms with Crippen LogP contribution in [0.15, 0.2) is 41.2 Å². The van der Waals surface area contributed by atoms with E-state index >= 15 is 0 Å². The second-order valence-electron chi connectivity index (χ2n) is 8.53. The number of para-hydroxylation sites is 1. The first-order valence-electron chi connectivity index (χ1n) is 11.1. The summed E-state index contributed by atoms with van der Waals surface area (Å²) in [6, 6.07) is 12.4. The van der Waals surface area contributed by atoms with Gasteiger partial charge in [0.05, 0.1) is 17.8 Å². The van der Waals surface area contributed by atoms with Crippen LogP contribution >= 0.6 is 0 Å². The third-order valence-electron chi connectivity index (χ3n) is 6.51. The van der Waals surface area contributed by atoms with Gasteiger partial charge >= 0.3 is 0 Å². The molecule has 156 valence electrons. The van der Waals surface area contributed by atoms with Gasteiger partial charge < -0.3 is 4.90 Å². The molecule has 2 aliphatic rings. The zero-order valence-electron chi connectivity index (χ0n) is 17.7. The normalized spacial score (nSPS) is 17.3. The fourth-order valence-corrected chi connectivity index (χ4v) is 4.69. The predicted molar refractivity (Wildman–Crippen MR) is 120 cm³/mol. The summed E-state index contributed by atoms with van der Waals surface area (Å²) >= 11 is 0. The Morgan fingerprint density at radius 1 is 0.967 bits per heavy atom. The third kappa shape index (κ3) is 3.84. The number of rotatable bonds is 4. The smallest absolute Gasteiger partial charge is 0.267 e. The summed E-state index contributed by atoms with van der Waals surface area (Å²) in [5, 5.41) is 5.88. The van der Waals surface area contributed by atoms with E-state index in [2.05, 4.69) is 46.1 Å². The third-order valence-corrected chi connectivity index (χ3v) is 6.51. The Morgan fingerprint density at radius 2 is 1.77 bits per heavy atom. The topological polar surface area (TPSA) is 54.3 Å². The van der Waals surface area contributed by atoms with Crippen molar-refractivity contribution in [2.24, 2.45) is 0 Å². The van der Waals surface area contributed by atoms with Crippen molar-refractivity contribution in [2.45, 2.75) is 39.2 Å². The quantitative estimate of drug-likeness (QED) is 0.671. The molecule has 0 unspecified atom stereocenters. The maximum Gasteiger partial charge on any atom is 0.267 e. The van der Waals surface area contributed by atoms with E-state index in [-0.39, 0.29) is 5.56 Å². The van der Waals surface area contributed by atoms with Gasteiger partial charge in [0.1, 0.15) is 5.82 Å². The Morgan fingerprint density at radius 3 is 2.63 bits per heavy atom. The van der Waals surface area contributed by atoms with Gasteiger partial charge in [-0.25, -0.2) is 9.67 Å². The minimum absolute atomic E-state index is 0.0464. The summed E-state index contributed by atoms with van der Waals surface area (Å²) in [5.74, 6) is 1.07. The lowest BCUT2D eigenvalue weighted by Crippen LogP contribution is -2.48. The number of benzene rings is 1. The number of pyridine rings is 1. The minimum Gasteiger partial charge on any atom is -0.354 e. The number of aromatic nitrogens is 3. The Labute approximate surface area is 177 Å². The molecule has 3 heterocycles. The van der Waals surface area contributed by atoms with Gasteiger partial charge in [0, 0.05) is 44.2 Å². The van der Waals surface area contributed by atoms with E-state index in [4.69, 9.17) is 4.98 Å². The molecule has 1 aliphatic carbocycles. The van der Waals surface area contributed by atoms with Crippen molar-refractivity contribution >= 4 is 16.7 Å². The van der Waals surface area contributed by atoms with Crippen LogP contribution in [0.3, 0.4) is 0 Å². The zero-order valence-corrected chi connectivity index (χ0v) is 17.7. The highest BCUT2D eigenvalue weighted by atomic mass is 16.1. The van der Waals surface area contributed by atoms with Gasteiger partial charge in [0.2, 0.25) is 0 Å². The molecule has 6 nitrogen and oxygen atoms in total. The van der Waals surface area contributed by atoms with Crippen LogP contribution in [0.25, 0.3) is 10.9 Å². The second kappa shape index (κ2) is 8.19. The monoisotopic (exact) mass is 403 g/mol. The number of hydrogen-bond acceptors (Lipinski definition) is 5. The van der Waals surface area contributed by atoms with Crippen molar-refractivity contribution in [1.82, 2.24) is 19.7 Å². The summed E-state index contributed by atoms with van der Waals surface area (Å²) in [7, 11) is 0. The average Bonchev–Trinajstić information content (AvgIpc) is 2.78. The maximum atomic E-state index is 12.4. The van der Waals surface area contributed by atoms with Gasteiger partial charge in [-0.05, 0) is 55.9 Å². The lowest BCUT2D eigenvalue weighted by Gasteiger charge is -2.35. The van der Waals surface area contributed by atoms with Gasteiger partial charge in [-0.15, -0.1) is 0 Å². The molecule has 3 aromatic rings. The van der Waals surface area contributed by atoms with Crippen molar-refractivity contribution in [3.05, 3.63) is 63.6 Å². The first-order chi connectivity index (χ1) is 14.7. The van der Waals surface area contributed by atoms with Crippen molar-refractivity contribution < 1.29 is 0 Å². The molecule has 0 saturated carbocycles.